The maximum absolute atomic E-state index is 12.4. The molecule has 3 rings (SSSR count). The Morgan fingerprint density at radius 2 is 2.05 bits per heavy atom. The monoisotopic (exact) mass is 280 g/mol. The van der Waals surface area contributed by atoms with E-state index in [9.17, 15) is 4.79 Å². The summed E-state index contributed by atoms with van der Waals surface area (Å²) in [5, 5.41) is 3.92. The van der Waals surface area contributed by atoms with Crippen LogP contribution in [0.2, 0.25) is 0 Å². The number of benzene rings is 2. The van der Waals surface area contributed by atoms with Gasteiger partial charge in [0, 0.05) is 23.3 Å². The molecule has 106 valence electrons. The van der Waals surface area contributed by atoms with Crippen molar-refractivity contribution in [3.63, 3.8) is 0 Å². The lowest BCUT2D eigenvalue weighted by atomic mass is 10.1. The molecule has 4 nitrogen and oxygen atoms in total. The molecule has 0 aliphatic heterocycles. The van der Waals surface area contributed by atoms with Gasteiger partial charge in [0.2, 0.25) is 0 Å². The number of para-hydroxylation sites is 1. The Hall–Kier alpha value is -2.75. The van der Waals surface area contributed by atoms with Gasteiger partial charge in [-0.25, -0.2) is 0 Å². The molecule has 3 aromatic rings. The summed E-state index contributed by atoms with van der Waals surface area (Å²) in [6.07, 6.45) is 1.83. The normalized spacial score (nSPS) is 10.5. The van der Waals surface area contributed by atoms with Crippen molar-refractivity contribution in [2.45, 2.75) is 6.92 Å². The minimum atomic E-state index is -0.142. The average Bonchev–Trinajstić information content (AvgIpc) is 2.96. The zero-order valence-corrected chi connectivity index (χ0v) is 11.7. The van der Waals surface area contributed by atoms with Gasteiger partial charge >= 0.3 is 0 Å². The van der Waals surface area contributed by atoms with Crippen molar-refractivity contribution < 1.29 is 9.53 Å². The first-order valence-electron chi connectivity index (χ1n) is 6.88. The molecular weight excluding hydrogens is 264 g/mol. The van der Waals surface area contributed by atoms with Crippen molar-refractivity contribution >= 4 is 22.5 Å². The van der Waals surface area contributed by atoms with Crippen LogP contribution in [0.3, 0.4) is 0 Å². The van der Waals surface area contributed by atoms with Crippen LogP contribution in [-0.4, -0.2) is 17.5 Å². The van der Waals surface area contributed by atoms with Gasteiger partial charge < -0.3 is 15.0 Å². The summed E-state index contributed by atoms with van der Waals surface area (Å²) in [5.41, 5.74) is 2.18. The quantitative estimate of drug-likeness (QED) is 0.763. The summed E-state index contributed by atoms with van der Waals surface area (Å²) in [5.74, 6) is 0.602. The molecular formula is C17H16N2O2. The highest BCUT2D eigenvalue weighted by Gasteiger charge is 2.11. The van der Waals surface area contributed by atoms with Gasteiger partial charge in [0.15, 0.2) is 0 Å². The predicted octanol–water partition coefficient (Wildman–Crippen LogP) is 3.82. The Bertz CT molecular complexity index is 777. The molecule has 0 spiro atoms. The lowest BCUT2D eigenvalue weighted by Gasteiger charge is -2.08. The molecule has 2 aromatic carbocycles. The third-order valence-electron chi connectivity index (χ3n) is 3.23. The summed E-state index contributed by atoms with van der Waals surface area (Å²) in [4.78, 5) is 15.5. The molecule has 0 unspecified atom stereocenters. The van der Waals surface area contributed by atoms with Crippen LogP contribution in [0.15, 0.2) is 54.7 Å². The van der Waals surface area contributed by atoms with Crippen LogP contribution in [0.25, 0.3) is 10.9 Å². The number of carbonyl (C=O) groups excluding carboxylic acids is 1. The van der Waals surface area contributed by atoms with E-state index in [0.29, 0.717) is 12.2 Å². The third-order valence-corrected chi connectivity index (χ3v) is 3.23. The Kier molecular flexibility index (Phi) is 3.60. The van der Waals surface area contributed by atoms with Crippen molar-refractivity contribution in [2.75, 3.05) is 11.9 Å². The summed E-state index contributed by atoms with van der Waals surface area (Å²) < 4.78 is 5.43. The smallest absolute Gasteiger partial charge is 0.257 e. The fraction of sp³-hybridized carbons (Fsp3) is 0.118. The van der Waals surface area contributed by atoms with E-state index in [1.807, 2.05) is 55.6 Å². The number of carbonyl (C=O) groups is 1. The van der Waals surface area contributed by atoms with Gasteiger partial charge in [0.25, 0.3) is 5.91 Å². The summed E-state index contributed by atoms with van der Waals surface area (Å²) in [6, 6.07) is 15.0. The number of aromatic amines is 1. The second-order valence-electron chi connectivity index (χ2n) is 4.66. The van der Waals surface area contributed by atoms with E-state index in [1.54, 1.807) is 6.07 Å². The van der Waals surface area contributed by atoms with Gasteiger partial charge in [-0.3, -0.25) is 4.79 Å². The van der Waals surface area contributed by atoms with Gasteiger partial charge in [0.1, 0.15) is 5.75 Å². The Morgan fingerprint density at radius 3 is 2.90 bits per heavy atom. The van der Waals surface area contributed by atoms with E-state index >= 15 is 0 Å². The van der Waals surface area contributed by atoms with Crippen LogP contribution < -0.4 is 10.1 Å². The lowest BCUT2D eigenvalue weighted by molar-refractivity contribution is 0.102. The van der Waals surface area contributed by atoms with E-state index in [-0.39, 0.29) is 5.91 Å². The molecule has 0 radical (unpaired) electrons. The van der Waals surface area contributed by atoms with Crippen molar-refractivity contribution in [2.24, 2.45) is 0 Å². The van der Waals surface area contributed by atoms with E-state index in [4.69, 9.17) is 4.74 Å². The molecule has 0 aliphatic rings. The van der Waals surface area contributed by atoms with E-state index < -0.39 is 0 Å². The van der Waals surface area contributed by atoms with Crippen molar-refractivity contribution in [3.05, 3.63) is 60.3 Å². The zero-order chi connectivity index (χ0) is 14.7. The molecule has 0 atom stereocenters. The fourth-order valence-electron chi connectivity index (χ4n) is 2.30. The highest BCUT2D eigenvalue weighted by Crippen LogP contribution is 2.21. The minimum absolute atomic E-state index is 0.142. The summed E-state index contributed by atoms with van der Waals surface area (Å²) in [6.45, 7) is 2.52. The number of amides is 1. The molecule has 0 saturated heterocycles. The number of anilines is 1. The number of hydrogen-bond donors (Lipinski definition) is 2. The summed E-state index contributed by atoms with van der Waals surface area (Å²) >= 11 is 0. The maximum atomic E-state index is 12.4. The van der Waals surface area contributed by atoms with E-state index in [2.05, 4.69) is 10.3 Å². The van der Waals surface area contributed by atoms with Crippen molar-refractivity contribution in [1.29, 1.82) is 0 Å². The molecule has 0 fully saturated rings. The van der Waals surface area contributed by atoms with Gasteiger partial charge in [-0.1, -0.05) is 18.2 Å². The van der Waals surface area contributed by atoms with Crippen LogP contribution in [-0.2, 0) is 0 Å². The number of nitrogens with one attached hydrogen (secondary N) is 2. The molecule has 2 N–H and O–H groups in total. The van der Waals surface area contributed by atoms with Crippen LogP contribution in [0.1, 0.15) is 17.3 Å². The van der Waals surface area contributed by atoms with Crippen molar-refractivity contribution in [3.8, 4) is 5.75 Å². The first-order chi connectivity index (χ1) is 10.3. The molecule has 4 heteroatoms. The third kappa shape index (κ3) is 2.74. The molecule has 1 aromatic heterocycles. The van der Waals surface area contributed by atoms with Gasteiger partial charge in [-0.2, -0.15) is 0 Å². The highest BCUT2D eigenvalue weighted by molar-refractivity contribution is 6.12. The zero-order valence-electron chi connectivity index (χ0n) is 11.7. The van der Waals surface area contributed by atoms with E-state index in [1.165, 1.54) is 0 Å². The van der Waals surface area contributed by atoms with Crippen molar-refractivity contribution in [1.82, 2.24) is 4.98 Å². The molecule has 0 saturated carbocycles. The number of hydrogen-bond acceptors (Lipinski definition) is 2. The number of aromatic nitrogens is 1. The largest absolute Gasteiger partial charge is 0.494 e. The molecule has 1 heterocycles. The Labute approximate surface area is 122 Å². The average molecular weight is 280 g/mol. The topological polar surface area (TPSA) is 54.1 Å². The highest BCUT2D eigenvalue weighted by atomic mass is 16.5. The molecule has 0 bridgehead atoms. The summed E-state index contributed by atoms with van der Waals surface area (Å²) in [7, 11) is 0. The molecule has 0 aliphatic carbocycles. The van der Waals surface area contributed by atoms with Gasteiger partial charge in [-0.05, 0) is 31.2 Å². The lowest BCUT2D eigenvalue weighted by Crippen LogP contribution is -2.12. The number of fused-ring (bicyclic) bond motifs is 1. The predicted molar refractivity (Wildman–Crippen MR) is 83.9 cm³/mol. The van der Waals surface area contributed by atoms with Gasteiger partial charge in [0.05, 0.1) is 17.7 Å². The second kappa shape index (κ2) is 5.71. The Balaban J connectivity index is 1.86. The fourth-order valence-corrected chi connectivity index (χ4v) is 2.30. The minimum Gasteiger partial charge on any atom is -0.494 e. The van der Waals surface area contributed by atoms with Crippen LogP contribution in [0.4, 0.5) is 5.69 Å². The first kappa shape index (κ1) is 13.2. The Morgan fingerprint density at radius 1 is 1.19 bits per heavy atom. The number of rotatable bonds is 4. The van der Waals surface area contributed by atoms with Crippen LogP contribution >= 0.6 is 0 Å². The number of ether oxygens (including phenoxy) is 1. The second-order valence-corrected chi connectivity index (χ2v) is 4.66. The standard InChI is InChI=1S/C17H16N2O2/c1-2-21-14-7-4-6-13(11-14)19-17(20)15-8-3-5-12-9-10-18-16(12)15/h3-11,18H,2H2,1H3,(H,19,20). The molecule has 1 amide bonds. The molecule has 21 heavy (non-hydrogen) atoms. The SMILES string of the molecule is CCOc1cccc(NC(=O)c2cccc3cc[nH]c23)c1. The van der Waals surface area contributed by atoms with E-state index in [0.717, 1.165) is 22.3 Å². The first-order valence-corrected chi connectivity index (χ1v) is 6.88. The maximum Gasteiger partial charge on any atom is 0.257 e. The van der Waals surface area contributed by atoms with Gasteiger partial charge in [-0.15, -0.1) is 0 Å². The number of H-pyrrole nitrogens is 1. The van der Waals surface area contributed by atoms with Crippen LogP contribution in [0.5, 0.6) is 5.75 Å². The van der Waals surface area contributed by atoms with Crippen LogP contribution in [0, 0.1) is 0 Å².